The lowest BCUT2D eigenvalue weighted by molar-refractivity contribution is 0.666. The van der Waals surface area contributed by atoms with Gasteiger partial charge in [0.1, 0.15) is 0 Å². The van der Waals surface area contributed by atoms with E-state index < -0.39 is 0 Å². The Morgan fingerprint density at radius 1 is 1.75 bits per heavy atom. The Balaban J connectivity index is 2.43. The van der Waals surface area contributed by atoms with Gasteiger partial charge in [0.15, 0.2) is 5.16 Å². The number of rotatable bonds is 3. The van der Waals surface area contributed by atoms with Gasteiger partial charge in [-0.3, -0.25) is 9.36 Å². The van der Waals surface area contributed by atoms with Gasteiger partial charge in [0.05, 0.1) is 10.6 Å². The van der Waals surface area contributed by atoms with E-state index in [4.69, 9.17) is 0 Å². The minimum absolute atomic E-state index is 0.0888. The van der Waals surface area contributed by atoms with Crippen LogP contribution in [0.25, 0.3) is 0 Å². The van der Waals surface area contributed by atoms with Gasteiger partial charge >= 0.3 is 0 Å². The average molecular weight is 254 g/mol. The maximum atomic E-state index is 12.1. The summed E-state index contributed by atoms with van der Waals surface area (Å²) in [5, 5.41) is 1.26. The summed E-state index contributed by atoms with van der Waals surface area (Å²) >= 11 is 3.19. The molecular weight excluding hydrogens is 240 g/mol. The van der Waals surface area contributed by atoms with Crippen molar-refractivity contribution in [2.45, 2.75) is 28.6 Å². The molecule has 1 aliphatic heterocycles. The van der Waals surface area contributed by atoms with Crippen molar-refractivity contribution in [3.8, 4) is 0 Å². The molecule has 2 heterocycles. The molecule has 0 fully saturated rings. The predicted octanol–water partition coefficient (Wildman–Crippen LogP) is 2.10. The third-order valence-electron chi connectivity index (χ3n) is 2.41. The molecule has 0 N–H and O–H groups in total. The highest BCUT2D eigenvalue weighted by Crippen LogP contribution is 2.33. The zero-order chi connectivity index (χ0) is 11.7. The van der Waals surface area contributed by atoms with Gasteiger partial charge in [-0.2, -0.15) is 0 Å². The van der Waals surface area contributed by atoms with Crippen molar-refractivity contribution < 1.29 is 0 Å². The molecule has 1 aromatic heterocycles. The van der Waals surface area contributed by atoms with E-state index in [9.17, 15) is 4.79 Å². The molecule has 3 nitrogen and oxygen atoms in total. The van der Waals surface area contributed by atoms with Crippen LogP contribution in [0.5, 0.6) is 0 Å². The van der Waals surface area contributed by atoms with Crippen molar-refractivity contribution in [3.63, 3.8) is 0 Å². The maximum absolute atomic E-state index is 12.1. The first-order valence-electron chi connectivity index (χ1n) is 5.13. The van der Waals surface area contributed by atoms with Crippen molar-refractivity contribution in [1.29, 1.82) is 0 Å². The van der Waals surface area contributed by atoms with Gasteiger partial charge in [-0.25, -0.2) is 4.98 Å². The normalized spacial score (nSPS) is 18.5. The van der Waals surface area contributed by atoms with Gasteiger partial charge in [-0.05, 0) is 0 Å². The molecule has 1 atom stereocenters. The summed E-state index contributed by atoms with van der Waals surface area (Å²) in [5.41, 5.74) is 1.05. The second-order valence-corrected chi connectivity index (χ2v) is 6.20. The fraction of sp³-hybridized carbons (Fsp3) is 0.455. The molecule has 0 aliphatic carbocycles. The van der Waals surface area contributed by atoms with Crippen molar-refractivity contribution >= 4 is 23.5 Å². The fourth-order valence-corrected chi connectivity index (χ4v) is 3.50. The van der Waals surface area contributed by atoms with Crippen molar-refractivity contribution in [2.75, 3.05) is 5.75 Å². The third-order valence-corrected chi connectivity index (χ3v) is 4.65. The van der Waals surface area contributed by atoms with Crippen molar-refractivity contribution in [1.82, 2.24) is 9.55 Å². The first-order valence-corrected chi connectivity index (χ1v) is 7.00. The Morgan fingerprint density at radius 2 is 2.50 bits per heavy atom. The number of nitrogens with zero attached hydrogens (tertiary/aromatic N) is 2. The van der Waals surface area contributed by atoms with Gasteiger partial charge in [0, 0.05) is 24.5 Å². The minimum Gasteiger partial charge on any atom is -0.290 e. The number of hydrogen-bond acceptors (Lipinski definition) is 4. The van der Waals surface area contributed by atoms with E-state index >= 15 is 0 Å². The highest BCUT2D eigenvalue weighted by molar-refractivity contribution is 8.00. The largest absolute Gasteiger partial charge is 0.290 e. The van der Waals surface area contributed by atoms with Gasteiger partial charge in [0.2, 0.25) is 0 Å². The van der Waals surface area contributed by atoms with E-state index in [0.717, 1.165) is 27.9 Å². The molecule has 86 valence electrons. The maximum Gasteiger partial charge on any atom is 0.267 e. The Kier molecular flexibility index (Phi) is 3.44. The van der Waals surface area contributed by atoms with Gasteiger partial charge in [0.25, 0.3) is 5.56 Å². The lowest BCUT2D eigenvalue weighted by atomic mass is 10.2. The summed E-state index contributed by atoms with van der Waals surface area (Å²) in [6.07, 6.45) is 2.72. The molecule has 1 unspecified atom stereocenters. The highest BCUT2D eigenvalue weighted by Gasteiger charge is 2.25. The predicted molar refractivity (Wildman–Crippen MR) is 69.4 cm³/mol. The molecular formula is C11H14N2OS2. The fourth-order valence-electron chi connectivity index (χ4n) is 1.64. The molecule has 0 saturated carbocycles. The minimum atomic E-state index is 0.0888. The third kappa shape index (κ3) is 2.06. The first-order chi connectivity index (χ1) is 7.63. The zero-order valence-electron chi connectivity index (χ0n) is 9.40. The quantitative estimate of drug-likeness (QED) is 0.470. The monoisotopic (exact) mass is 254 g/mol. The van der Waals surface area contributed by atoms with Gasteiger partial charge < -0.3 is 0 Å². The summed E-state index contributed by atoms with van der Waals surface area (Å²) in [7, 11) is 1.78. The second-order valence-electron chi connectivity index (χ2n) is 3.77. The molecule has 0 spiro atoms. The highest BCUT2D eigenvalue weighted by atomic mass is 32.2. The number of fused-ring (bicyclic) bond motifs is 1. The van der Waals surface area contributed by atoms with Crippen LogP contribution in [-0.4, -0.2) is 20.6 Å². The van der Waals surface area contributed by atoms with Crippen LogP contribution in [0, 0.1) is 0 Å². The number of hydrogen-bond donors (Lipinski definition) is 0. The lowest BCUT2D eigenvalue weighted by Gasteiger charge is -2.07. The Morgan fingerprint density at radius 3 is 3.19 bits per heavy atom. The molecule has 0 aromatic carbocycles. The summed E-state index contributed by atoms with van der Waals surface area (Å²) in [6, 6.07) is 0. The summed E-state index contributed by atoms with van der Waals surface area (Å²) in [6.45, 7) is 5.80. The van der Waals surface area contributed by atoms with E-state index in [2.05, 4.69) is 18.5 Å². The summed E-state index contributed by atoms with van der Waals surface area (Å²) < 4.78 is 1.64. The average Bonchev–Trinajstić information content (AvgIpc) is 2.62. The molecule has 1 aliphatic rings. The first kappa shape index (κ1) is 11.8. The molecule has 0 amide bonds. The van der Waals surface area contributed by atoms with Gasteiger partial charge in [-0.15, -0.1) is 18.3 Å². The van der Waals surface area contributed by atoms with Crippen LogP contribution >= 0.6 is 23.5 Å². The van der Waals surface area contributed by atoms with Crippen LogP contribution in [0.1, 0.15) is 12.6 Å². The van der Waals surface area contributed by atoms with Crippen LogP contribution in [0.3, 0.4) is 0 Å². The summed E-state index contributed by atoms with van der Waals surface area (Å²) in [4.78, 5) is 17.4. The molecule has 16 heavy (non-hydrogen) atoms. The molecule has 0 saturated heterocycles. The topological polar surface area (TPSA) is 34.9 Å². The smallest absolute Gasteiger partial charge is 0.267 e. The zero-order valence-corrected chi connectivity index (χ0v) is 11.0. The molecule has 1 aromatic rings. The standard InChI is InChI=1S/C11H14N2OS2/c1-4-5-15-11-12-8-6-7(2)16-9(8)10(14)13(11)3/h4,7H,1,5-6H2,2-3H3. The van der Waals surface area contributed by atoms with Crippen molar-refractivity contribution in [3.05, 3.63) is 28.7 Å². The molecule has 0 radical (unpaired) electrons. The molecule has 5 heteroatoms. The lowest BCUT2D eigenvalue weighted by Crippen LogP contribution is -2.22. The van der Waals surface area contributed by atoms with Crippen molar-refractivity contribution in [2.24, 2.45) is 7.05 Å². The second kappa shape index (κ2) is 4.67. The van der Waals surface area contributed by atoms with E-state index in [1.54, 1.807) is 35.1 Å². The van der Waals surface area contributed by atoms with Crippen LogP contribution in [-0.2, 0) is 13.5 Å². The number of aromatic nitrogens is 2. The van der Waals surface area contributed by atoms with Crippen LogP contribution in [0.15, 0.2) is 27.5 Å². The van der Waals surface area contributed by atoms with E-state index in [-0.39, 0.29) is 5.56 Å². The Bertz CT molecular complexity index is 482. The van der Waals surface area contributed by atoms with Crippen LogP contribution < -0.4 is 5.56 Å². The van der Waals surface area contributed by atoms with E-state index in [0.29, 0.717) is 5.25 Å². The van der Waals surface area contributed by atoms with Gasteiger partial charge in [-0.1, -0.05) is 24.8 Å². The number of thioether (sulfide) groups is 2. The Labute approximate surface area is 103 Å². The van der Waals surface area contributed by atoms with E-state index in [1.807, 2.05) is 6.08 Å². The summed E-state index contributed by atoms with van der Waals surface area (Å²) in [5.74, 6) is 0.780. The molecule has 0 bridgehead atoms. The van der Waals surface area contributed by atoms with Crippen LogP contribution in [0.2, 0.25) is 0 Å². The SMILES string of the molecule is C=CCSc1nc2c(c(=O)n1C)SC(C)C2. The Hall–Kier alpha value is -0.680. The molecule has 2 rings (SSSR count). The van der Waals surface area contributed by atoms with E-state index in [1.165, 1.54) is 0 Å². The van der Waals surface area contributed by atoms with Crippen LogP contribution in [0.4, 0.5) is 0 Å².